The average Bonchev–Trinajstić information content (AvgIpc) is 2.84. The van der Waals surface area contributed by atoms with Crippen LogP contribution < -0.4 is 0 Å². The maximum Gasteiger partial charge on any atom is 0.277 e. The summed E-state index contributed by atoms with van der Waals surface area (Å²) < 4.78 is 0. The summed E-state index contributed by atoms with van der Waals surface area (Å²) in [5, 5.41) is 10.9. The Kier molecular flexibility index (Phi) is 4.80. The van der Waals surface area contributed by atoms with Gasteiger partial charge in [-0.05, 0) is 42.9 Å². The highest BCUT2D eigenvalue weighted by atomic mass is 16.6. The minimum atomic E-state index is -0.479. The van der Waals surface area contributed by atoms with Crippen molar-refractivity contribution in [2.24, 2.45) is 11.8 Å². The monoisotopic (exact) mass is 357 g/mol. The van der Waals surface area contributed by atoms with Crippen LogP contribution in [0.2, 0.25) is 0 Å². The van der Waals surface area contributed by atoms with Gasteiger partial charge in [-0.15, -0.1) is 0 Å². The van der Waals surface area contributed by atoms with Crippen LogP contribution >= 0.6 is 0 Å². The highest BCUT2D eigenvalue weighted by Gasteiger charge is 2.42. The minimum absolute atomic E-state index is 0.0414. The fourth-order valence-corrected chi connectivity index (χ4v) is 4.00. The van der Waals surface area contributed by atoms with Gasteiger partial charge in [0, 0.05) is 31.8 Å². The number of likely N-dealkylation sites (tertiary alicyclic amines) is 1. The zero-order valence-electron chi connectivity index (χ0n) is 15.3. The molecular formula is C19H23N3O4. The SMILES string of the molecule is CCN1C(=O)C(c2ccc([N+](=O)[O-])cc2)=C(N2CC(C)CC(C)C2)C1=O. The molecule has 2 amide bonds. The van der Waals surface area contributed by atoms with Crippen molar-refractivity contribution < 1.29 is 14.5 Å². The molecule has 2 aliphatic heterocycles. The number of piperidine rings is 1. The Morgan fingerprint density at radius 3 is 2.15 bits per heavy atom. The number of nitrogens with zero attached hydrogens (tertiary/aromatic N) is 3. The lowest BCUT2D eigenvalue weighted by Gasteiger charge is -2.37. The topological polar surface area (TPSA) is 83.8 Å². The van der Waals surface area contributed by atoms with Crippen LogP contribution in [-0.4, -0.2) is 46.2 Å². The highest BCUT2D eigenvalue weighted by Crippen LogP contribution is 2.35. The molecule has 1 saturated heterocycles. The molecule has 0 saturated carbocycles. The van der Waals surface area contributed by atoms with Gasteiger partial charge in [0.2, 0.25) is 0 Å². The van der Waals surface area contributed by atoms with Gasteiger partial charge in [0.05, 0.1) is 10.5 Å². The van der Waals surface area contributed by atoms with Crippen molar-refractivity contribution in [3.05, 3.63) is 45.6 Å². The molecule has 1 aromatic carbocycles. The first-order valence-corrected chi connectivity index (χ1v) is 8.93. The molecule has 0 aliphatic carbocycles. The van der Waals surface area contributed by atoms with E-state index in [0.29, 0.717) is 35.2 Å². The largest absolute Gasteiger partial charge is 0.366 e. The van der Waals surface area contributed by atoms with E-state index in [1.54, 1.807) is 19.1 Å². The lowest BCUT2D eigenvalue weighted by atomic mass is 9.91. The number of hydrogen-bond acceptors (Lipinski definition) is 5. The molecule has 2 heterocycles. The van der Waals surface area contributed by atoms with Crippen LogP contribution in [0.5, 0.6) is 0 Å². The number of nitro groups is 1. The lowest BCUT2D eigenvalue weighted by Crippen LogP contribution is -2.41. The Morgan fingerprint density at radius 2 is 1.65 bits per heavy atom. The van der Waals surface area contributed by atoms with Crippen LogP contribution in [0.1, 0.15) is 32.8 Å². The van der Waals surface area contributed by atoms with Crippen molar-refractivity contribution in [2.45, 2.75) is 27.2 Å². The number of nitro benzene ring substituents is 1. The highest BCUT2D eigenvalue weighted by molar-refractivity contribution is 6.35. The minimum Gasteiger partial charge on any atom is -0.366 e. The summed E-state index contributed by atoms with van der Waals surface area (Å²) in [7, 11) is 0. The Bertz CT molecular complexity index is 774. The molecule has 0 aromatic heterocycles. The first kappa shape index (κ1) is 18.1. The Labute approximate surface area is 152 Å². The van der Waals surface area contributed by atoms with Crippen LogP contribution in [-0.2, 0) is 9.59 Å². The first-order chi connectivity index (χ1) is 12.3. The fraction of sp³-hybridized carbons (Fsp3) is 0.474. The van der Waals surface area contributed by atoms with E-state index in [9.17, 15) is 19.7 Å². The fourth-order valence-electron chi connectivity index (χ4n) is 4.00. The number of likely N-dealkylation sites (N-methyl/N-ethyl adjacent to an activating group) is 1. The van der Waals surface area contributed by atoms with E-state index in [-0.39, 0.29) is 17.5 Å². The molecule has 7 nitrogen and oxygen atoms in total. The predicted molar refractivity (Wildman–Crippen MR) is 96.9 cm³/mol. The van der Waals surface area contributed by atoms with E-state index in [1.807, 2.05) is 4.90 Å². The summed E-state index contributed by atoms with van der Waals surface area (Å²) in [6.45, 7) is 7.82. The van der Waals surface area contributed by atoms with Gasteiger partial charge in [-0.2, -0.15) is 0 Å². The maximum atomic E-state index is 12.9. The second kappa shape index (κ2) is 6.90. The number of carbonyl (C=O) groups excluding carboxylic acids is 2. The Hall–Kier alpha value is -2.70. The van der Waals surface area contributed by atoms with E-state index in [4.69, 9.17) is 0 Å². The Balaban J connectivity index is 2.08. The second-order valence-electron chi connectivity index (χ2n) is 7.23. The molecule has 0 N–H and O–H groups in total. The van der Waals surface area contributed by atoms with Crippen LogP contribution in [0.25, 0.3) is 5.57 Å². The molecule has 2 aliphatic rings. The number of imide groups is 1. The number of non-ortho nitro benzene ring substituents is 1. The standard InChI is InChI=1S/C19H23N3O4/c1-4-21-18(23)16(14-5-7-15(8-6-14)22(25)26)17(19(21)24)20-10-12(2)9-13(3)11-20/h5-8,12-13H,4,9-11H2,1-3H3. The summed E-state index contributed by atoms with van der Waals surface area (Å²) in [6.07, 6.45) is 1.09. The quantitative estimate of drug-likeness (QED) is 0.470. The van der Waals surface area contributed by atoms with Crippen molar-refractivity contribution in [1.82, 2.24) is 9.80 Å². The van der Waals surface area contributed by atoms with Crippen molar-refractivity contribution in [3.8, 4) is 0 Å². The van der Waals surface area contributed by atoms with Crippen LogP contribution in [0.15, 0.2) is 30.0 Å². The molecule has 7 heteroatoms. The molecule has 0 bridgehead atoms. The van der Waals surface area contributed by atoms with E-state index in [0.717, 1.165) is 19.5 Å². The number of carbonyl (C=O) groups is 2. The molecule has 138 valence electrons. The normalized spacial score (nSPS) is 23.8. The summed E-state index contributed by atoms with van der Waals surface area (Å²) in [5.74, 6) is 0.269. The van der Waals surface area contributed by atoms with Gasteiger partial charge in [-0.3, -0.25) is 24.6 Å². The van der Waals surface area contributed by atoms with E-state index >= 15 is 0 Å². The van der Waals surface area contributed by atoms with Gasteiger partial charge in [0.25, 0.3) is 17.5 Å². The zero-order valence-corrected chi connectivity index (χ0v) is 15.3. The van der Waals surface area contributed by atoms with Gasteiger partial charge in [-0.25, -0.2) is 0 Å². The average molecular weight is 357 g/mol. The van der Waals surface area contributed by atoms with Gasteiger partial charge in [0.1, 0.15) is 5.70 Å². The van der Waals surface area contributed by atoms with Crippen LogP contribution in [0, 0.1) is 22.0 Å². The molecule has 2 atom stereocenters. The molecule has 3 rings (SSSR count). The van der Waals surface area contributed by atoms with Crippen molar-refractivity contribution in [1.29, 1.82) is 0 Å². The molecule has 0 spiro atoms. The number of amides is 2. The van der Waals surface area contributed by atoms with Crippen molar-refractivity contribution in [2.75, 3.05) is 19.6 Å². The van der Waals surface area contributed by atoms with E-state index in [1.165, 1.54) is 17.0 Å². The lowest BCUT2D eigenvalue weighted by molar-refractivity contribution is -0.384. The summed E-state index contributed by atoms with van der Waals surface area (Å²) in [4.78, 5) is 39.5. The molecule has 2 unspecified atom stereocenters. The van der Waals surface area contributed by atoms with Gasteiger partial charge in [0.15, 0.2) is 0 Å². The van der Waals surface area contributed by atoms with Crippen LogP contribution in [0.4, 0.5) is 5.69 Å². The molecule has 26 heavy (non-hydrogen) atoms. The van der Waals surface area contributed by atoms with Crippen molar-refractivity contribution >= 4 is 23.1 Å². The third-order valence-electron chi connectivity index (χ3n) is 5.01. The van der Waals surface area contributed by atoms with Crippen LogP contribution in [0.3, 0.4) is 0 Å². The number of rotatable bonds is 4. The van der Waals surface area contributed by atoms with Gasteiger partial charge < -0.3 is 4.90 Å². The molecule has 1 fully saturated rings. The number of hydrogen-bond donors (Lipinski definition) is 0. The van der Waals surface area contributed by atoms with E-state index in [2.05, 4.69) is 13.8 Å². The summed E-state index contributed by atoms with van der Waals surface area (Å²) in [5.41, 5.74) is 1.29. The van der Waals surface area contributed by atoms with E-state index < -0.39 is 4.92 Å². The third kappa shape index (κ3) is 3.09. The number of benzene rings is 1. The smallest absolute Gasteiger partial charge is 0.277 e. The third-order valence-corrected chi connectivity index (χ3v) is 5.01. The van der Waals surface area contributed by atoms with Gasteiger partial charge >= 0.3 is 0 Å². The second-order valence-corrected chi connectivity index (χ2v) is 7.23. The summed E-state index contributed by atoms with van der Waals surface area (Å²) in [6, 6.07) is 5.84. The maximum absolute atomic E-state index is 12.9. The molecular weight excluding hydrogens is 334 g/mol. The predicted octanol–water partition coefficient (Wildman–Crippen LogP) is 2.67. The summed E-state index contributed by atoms with van der Waals surface area (Å²) >= 11 is 0. The molecule has 0 radical (unpaired) electrons. The zero-order chi connectivity index (χ0) is 19.0. The molecule has 1 aromatic rings. The van der Waals surface area contributed by atoms with Crippen molar-refractivity contribution in [3.63, 3.8) is 0 Å². The Morgan fingerprint density at radius 1 is 1.08 bits per heavy atom. The first-order valence-electron chi connectivity index (χ1n) is 8.93. The van der Waals surface area contributed by atoms with Gasteiger partial charge in [-0.1, -0.05) is 13.8 Å².